The molecular formula is C6F4INO2. The lowest BCUT2D eigenvalue weighted by atomic mass is 10.2. The number of nitro groups is 1. The molecule has 0 N–H and O–H groups in total. The smallest absolute Gasteiger partial charge is 0.258 e. The van der Waals surface area contributed by atoms with E-state index in [1.165, 1.54) is 0 Å². The van der Waals surface area contributed by atoms with Crippen LogP contribution in [0.4, 0.5) is 23.2 Å². The zero-order valence-electron chi connectivity index (χ0n) is 6.15. The molecule has 0 heterocycles. The molecule has 8 heteroatoms. The third-order valence-electron chi connectivity index (χ3n) is 1.37. The average Bonchev–Trinajstić information content (AvgIpc) is 2.11. The topological polar surface area (TPSA) is 43.1 Å². The fourth-order valence-corrected chi connectivity index (χ4v) is 1.25. The highest BCUT2D eigenvalue weighted by Crippen LogP contribution is 2.30. The van der Waals surface area contributed by atoms with Crippen LogP contribution in [0.3, 0.4) is 0 Å². The molecule has 1 rings (SSSR count). The Bertz CT molecular complexity index is 394. The van der Waals surface area contributed by atoms with E-state index < -0.39 is 37.4 Å². The molecule has 0 saturated heterocycles. The van der Waals surface area contributed by atoms with Gasteiger partial charge in [-0.05, 0) is 22.6 Å². The second-order valence-electron chi connectivity index (χ2n) is 2.18. The van der Waals surface area contributed by atoms with Gasteiger partial charge in [-0.15, -0.1) is 0 Å². The zero-order valence-corrected chi connectivity index (χ0v) is 8.31. The summed E-state index contributed by atoms with van der Waals surface area (Å²) >= 11 is 1.01. The van der Waals surface area contributed by atoms with Gasteiger partial charge in [0.2, 0.25) is 17.5 Å². The van der Waals surface area contributed by atoms with E-state index in [9.17, 15) is 27.7 Å². The number of hydrogen-bond acceptors (Lipinski definition) is 2. The first-order valence-corrected chi connectivity index (χ1v) is 4.11. The van der Waals surface area contributed by atoms with E-state index in [0.29, 0.717) is 0 Å². The van der Waals surface area contributed by atoms with Crippen molar-refractivity contribution in [1.29, 1.82) is 0 Å². The van der Waals surface area contributed by atoms with E-state index in [1.54, 1.807) is 0 Å². The number of nitro benzene ring substituents is 1. The Labute approximate surface area is 88.0 Å². The molecule has 0 aliphatic carbocycles. The molecule has 0 radical (unpaired) electrons. The molecule has 3 nitrogen and oxygen atoms in total. The molecule has 0 atom stereocenters. The van der Waals surface area contributed by atoms with E-state index in [4.69, 9.17) is 0 Å². The highest BCUT2D eigenvalue weighted by atomic mass is 127. The summed E-state index contributed by atoms with van der Waals surface area (Å²) in [4.78, 5) is 8.64. The number of nitrogens with zero attached hydrogens (tertiary/aromatic N) is 1. The van der Waals surface area contributed by atoms with Crippen LogP contribution in [-0.4, -0.2) is 4.92 Å². The van der Waals surface area contributed by atoms with Gasteiger partial charge in [-0.2, -0.15) is 8.78 Å². The van der Waals surface area contributed by atoms with Crippen LogP contribution >= 0.6 is 22.6 Å². The molecule has 0 unspecified atom stereocenters. The van der Waals surface area contributed by atoms with Crippen molar-refractivity contribution >= 4 is 28.3 Å². The molecule has 0 aliphatic rings. The standard InChI is InChI=1S/C6F4INO2/c7-1-2(8)5(11)4(10)6(3(1)9)12(13)14. The molecule has 0 bridgehead atoms. The van der Waals surface area contributed by atoms with Crippen molar-refractivity contribution in [2.45, 2.75) is 0 Å². The van der Waals surface area contributed by atoms with Gasteiger partial charge in [0.1, 0.15) is 0 Å². The highest BCUT2D eigenvalue weighted by molar-refractivity contribution is 14.1. The molecule has 0 aromatic heterocycles. The Morgan fingerprint density at radius 2 is 1.50 bits per heavy atom. The summed E-state index contributed by atoms with van der Waals surface area (Å²) in [7, 11) is 0. The third kappa shape index (κ3) is 1.53. The zero-order chi connectivity index (χ0) is 11.0. The normalized spacial score (nSPS) is 10.4. The van der Waals surface area contributed by atoms with Crippen molar-refractivity contribution in [2.75, 3.05) is 0 Å². The summed E-state index contributed by atoms with van der Waals surface area (Å²) in [6.07, 6.45) is 0. The van der Waals surface area contributed by atoms with Gasteiger partial charge in [-0.3, -0.25) is 10.1 Å². The van der Waals surface area contributed by atoms with Crippen molar-refractivity contribution in [2.24, 2.45) is 0 Å². The fraction of sp³-hybridized carbons (Fsp3) is 0. The predicted molar refractivity (Wildman–Crippen MR) is 45.6 cm³/mol. The van der Waals surface area contributed by atoms with Crippen LogP contribution in [0.1, 0.15) is 0 Å². The molecule has 0 spiro atoms. The van der Waals surface area contributed by atoms with Crippen LogP contribution in [0.2, 0.25) is 0 Å². The Balaban J connectivity index is 3.68. The van der Waals surface area contributed by atoms with E-state index in [2.05, 4.69) is 0 Å². The monoisotopic (exact) mass is 321 g/mol. The van der Waals surface area contributed by atoms with Crippen LogP contribution in [0.15, 0.2) is 0 Å². The van der Waals surface area contributed by atoms with E-state index >= 15 is 0 Å². The third-order valence-corrected chi connectivity index (χ3v) is 2.32. The minimum Gasteiger partial charge on any atom is -0.258 e. The minimum atomic E-state index is -2.13. The van der Waals surface area contributed by atoms with Gasteiger partial charge in [0.05, 0.1) is 8.49 Å². The molecule has 0 saturated carbocycles. The van der Waals surface area contributed by atoms with Crippen LogP contribution in [0, 0.1) is 37.0 Å². The molecule has 1 aromatic rings. The number of rotatable bonds is 1. The molecular weight excluding hydrogens is 321 g/mol. The number of halogens is 5. The quantitative estimate of drug-likeness (QED) is 0.199. The van der Waals surface area contributed by atoms with E-state index in [1.807, 2.05) is 0 Å². The van der Waals surface area contributed by atoms with Crippen molar-refractivity contribution in [3.63, 3.8) is 0 Å². The summed E-state index contributed by atoms with van der Waals surface area (Å²) in [5, 5.41) is 10.1. The van der Waals surface area contributed by atoms with E-state index in [0.717, 1.165) is 22.6 Å². The molecule has 0 amide bonds. The van der Waals surface area contributed by atoms with Crippen molar-refractivity contribution < 1.29 is 22.5 Å². The van der Waals surface area contributed by atoms with Gasteiger partial charge in [0.15, 0.2) is 5.82 Å². The summed E-state index contributed by atoms with van der Waals surface area (Å²) in [5.74, 6) is -7.67. The van der Waals surface area contributed by atoms with Gasteiger partial charge in [0, 0.05) is 0 Å². The first-order valence-electron chi connectivity index (χ1n) is 3.03. The first kappa shape index (κ1) is 11.1. The van der Waals surface area contributed by atoms with Gasteiger partial charge in [0.25, 0.3) is 0 Å². The maximum atomic E-state index is 12.9. The Morgan fingerprint density at radius 1 is 1.00 bits per heavy atom. The Kier molecular flexibility index (Phi) is 2.92. The average molecular weight is 321 g/mol. The predicted octanol–water partition coefficient (Wildman–Crippen LogP) is 2.76. The van der Waals surface area contributed by atoms with Crippen LogP contribution in [0.25, 0.3) is 0 Å². The Morgan fingerprint density at radius 3 is 1.93 bits per heavy atom. The Hall–Kier alpha value is -0.930. The SMILES string of the molecule is O=[N+]([O-])c1c(F)c(F)c(F)c(I)c1F. The second kappa shape index (κ2) is 3.67. The van der Waals surface area contributed by atoms with Crippen molar-refractivity contribution in [3.05, 3.63) is 37.0 Å². The number of benzene rings is 1. The van der Waals surface area contributed by atoms with Crippen LogP contribution < -0.4 is 0 Å². The summed E-state index contributed by atoms with van der Waals surface area (Å²) < 4.78 is 49.7. The maximum Gasteiger partial charge on any atom is 0.344 e. The van der Waals surface area contributed by atoms with Gasteiger partial charge < -0.3 is 0 Å². The van der Waals surface area contributed by atoms with Crippen molar-refractivity contribution in [1.82, 2.24) is 0 Å². The highest BCUT2D eigenvalue weighted by Gasteiger charge is 2.31. The second-order valence-corrected chi connectivity index (χ2v) is 3.25. The summed E-state index contributed by atoms with van der Waals surface area (Å²) in [5.41, 5.74) is -1.69. The van der Waals surface area contributed by atoms with Gasteiger partial charge >= 0.3 is 5.69 Å². The molecule has 0 fully saturated rings. The summed E-state index contributed by atoms with van der Waals surface area (Å²) in [6, 6.07) is 0. The first-order chi connectivity index (χ1) is 6.37. The molecule has 0 aliphatic heterocycles. The van der Waals surface area contributed by atoms with E-state index in [-0.39, 0.29) is 0 Å². The van der Waals surface area contributed by atoms with Crippen LogP contribution in [0.5, 0.6) is 0 Å². The fourth-order valence-electron chi connectivity index (χ4n) is 0.754. The lowest BCUT2D eigenvalue weighted by Gasteiger charge is -2.01. The summed E-state index contributed by atoms with van der Waals surface area (Å²) in [6.45, 7) is 0. The molecule has 14 heavy (non-hydrogen) atoms. The maximum absolute atomic E-state index is 12.9. The lowest BCUT2D eigenvalue weighted by Crippen LogP contribution is -2.05. The largest absolute Gasteiger partial charge is 0.344 e. The minimum absolute atomic E-state index is 0.951. The van der Waals surface area contributed by atoms with Crippen LogP contribution in [-0.2, 0) is 0 Å². The molecule has 76 valence electrons. The lowest BCUT2D eigenvalue weighted by molar-refractivity contribution is -0.390. The number of hydrogen-bond donors (Lipinski definition) is 0. The molecule has 1 aromatic carbocycles. The van der Waals surface area contributed by atoms with Gasteiger partial charge in [-0.25, -0.2) is 8.78 Å². The van der Waals surface area contributed by atoms with Gasteiger partial charge in [-0.1, -0.05) is 0 Å². The van der Waals surface area contributed by atoms with Crippen molar-refractivity contribution in [3.8, 4) is 0 Å².